The van der Waals surface area contributed by atoms with Crippen LogP contribution in [0.5, 0.6) is 0 Å². The fraction of sp³-hybridized carbons (Fsp3) is 0.909. The van der Waals surface area contributed by atoms with E-state index < -0.39 is 5.97 Å². The minimum atomic E-state index is -0.671. The summed E-state index contributed by atoms with van der Waals surface area (Å²) in [5.41, 5.74) is 0. The van der Waals surface area contributed by atoms with Gasteiger partial charge in [-0.25, -0.2) is 0 Å². The van der Waals surface area contributed by atoms with Gasteiger partial charge in [0, 0.05) is 18.2 Å². The van der Waals surface area contributed by atoms with Gasteiger partial charge in [-0.2, -0.15) is 11.8 Å². The molecule has 0 radical (unpaired) electrons. The Labute approximate surface area is 96.2 Å². The Morgan fingerprint density at radius 3 is 2.87 bits per heavy atom. The monoisotopic (exact) mass is 231 g/mol. The molecule has 1 rings (SSSR count). The number of carboxylic acid groups (broad SMARTS) is 1. The fourth-order valence-electron chi connectivity index (χ4n) is 1.87. The molecule has 0 aromatic carbocycles. The minimum Gasteiger partial charge on any atom is -0.481 e. The van der Waals surface area contributed by atoms with Crippen LogP contribution in [0, 0.1) is 0 Å². The summed E-state index contributed by atoms with van der Waals surface area (Å²) >= 11 is 2.04. The summed E-state index contributed by atoms with van der Waals surface area (Å²) in [5, 5.41) is 8.48. The zero-order chi connectivity index (χ0) is 11.1. The van der Waals surface area contributed by atoms with Crippen molar-refractivity contribution >= 4 is 17.7 Å². The lowest BCUT2D eigenvalue weighted by Gasteiger charge is -2.23. The lowest BCUT2D eigenvalue weighted by Crippen LogP contribution is -2.32. The number of thioether (sulfide) groups is 1. The first-order chi connectivity index (χ1) is 7.20. The molecule has 1 unspecified atom stereocenters. The molecular formula is C11H21NO2S. The molecule has 1 aliphatic rings. The maximum absolute atomic E-state index is 10.3. The molecule has 1 heterocycles. The highest BCUT2D eigenvalue weighted by molar-refractivity contribution is 7.99. The highest BCUT2D eigenvalue weighted by atomic mass is 32.2. The molecule has 88 valence electrons. The molecule has 4 heteroatoms. The van der Waals surface area contributed by atoms with E-state index in [9.17, 15) is 4.79 Å². The van der Waals surface area contributed by atoms with Gasteiger partial charge in [-0.05, 0) is 38.6 Å². The van der Waals surface area contributed by atoms with E-state index in [0.717, 1.165) is 31.8 Å². The normalized spacial score (nSPS) is 21.1. The topological polar surface area (TPSA) is 40.5 Å². The predicted octanol–water partition coefficient (Wildman–Crippen LogP) is 2.07. The summed E-state index contributed by atoms with van der Waals surface area (Å²) in [4.78, 5) is 12.7. The van der Waals surface area contributed by atoms with Gasteiger partial charge < -0.3 is 10.0 Å². The number of hydrogen-bond donors (Lipinski definition) is 1. The number of carbonyl (C=O) groups is 1. The summed E-state index contributed by atoms with van der Waals surface area (Å²) in [7, 11) is 2.19. The van der Waals surface area contributed by atoms with E-state index in [-0.39, 0.29) is 0 Å². The van der Waals surface area contributed by atoms with Gasteiger partial charge in [-0.1, -0.05) is 6.42 Å². The SMILES string of the molecule is CN(CCCCCC(=O)O)C1CCSC1. The van der Waals surface area contributed by atoms with Crippen LogP contribution in [0.1, 0.15) is 32.1 Å². The maximum Gasteiger partial charge on any atom is 0.303 e. The van der Waals surface area contributed by atoms with Crippen molar-refractivity contribution in [3.8, 4) is 0 Å². The molecule has 1 fully saturated rings. The van der Waals surface area contributed by atoms with E-state index in [2.05, 4.69) is 11.9 Å². The zero-order valence-electron chi connectivity index (χ0n) is 9.45. The molecule has 0 spiro atoms. The van der Waals surface area contributed by atoms with Crippen LogP contribution in [0.4, 0.5) is 0 Å². The highest BCUT2D eigenvalue weighted by Gasteiger charge is 2.19. The van der Waals surface area contributed by atoms with Gasteiger partial charge in [0.15, 0.2) is 0 Å². The van der Waals surface area contributed by atoms with Gasteiger partial charge in [0.1, 0.15) is 0 Å². The lowest BCUT2D eigenvalue weighted by molar-refractivity contribution is -0.137. The van der Waals surface area contributed by atoms with Gasteiger partial charge in [-0.15, -0.1) is 0 Å². The molecule has 0 saturated carbocycles. The summed E-state index contributed by atoms with van der Waals surface area (Å²) in [6.45, 7) is 1.12. The first-order valence-electron chi connectivity index (χ1n) is 5.70. The molecule has 1 aliphatic heterocycles. The van der Waals surface area contributed by atoms with E-state index in [0.29, 0.717) is 6.42 Å². The average molecular weight is 231 g/mol. The summed E-state index contributed by atoms with van der Waals surface area (Å²) in [6, 6.07) is 0.759. The summed E-state index contributed by atoms with van der Waals surface area (Å²) in [5.74, 6) is 1.90. The standard InChI is InChI=1S/C11H21NO2S/c1-12(10-6-8-15-9-10)7-4-2-3-5-11(13)14/h10H,2-9H2,1H3,(H,13,14). The molecule has 0 bridgehead atoms. The number of rotatable bonds is 7. The van der Waals surface area contributed by atoms with Crippen molar-refractivity contribution in [2.45, 2.75) is 38.1 Å². The molecule has 0 aromatic heterocycles. The van der Waals surface area contributed by atoms with E-state index >= 15 is 0 Å². The maximum atomic E-state index is 10.3. The first kappa shape index (κ1) is 12.8. The van der Waals surface area contributed by atoms with Crippen molar-refractivity contribution in [1.82, 2.24) is 4.90 Å². The van der Waals surface area contributed by atoms with Crippen LogP contribution in [-0.2, 0) is 4.79 Å². The molecule has 1 N–H and O–H groups in total. The number of hydrogen-bond acceptors (Lipinski definition) is 3. The van der Waals surface area contributed by atoms with E-state index in [1.54, 1.807) is 0 Å². The lowest BCUT2D eigenvalue weighted by atomic mass is 10.1. The molecule has 3 nitrogen and oxygen atoms in total. The van der Waals surface area contributed by atoms with Crippen molar-refractivity contribution in [3.63, 3.8) is 0 Å². The summed E-state index contributed by atoms with van der Waals surface area (Å²) < 4.78 is 0. The fourth-order valence-corrected chi connectivity index (χ4v) is 3.17. The average Bonchev–Trinajstić information content (AvgIpc) is 2.69. The van der Waals surface area contributed by atoms with Crippen LogP contribution in [0.15, 0.2) is 0 Å². The Morgan fingerprint density at radius 2 is 2.27 bits per heavy atom. The van der Waals surface area contributed by atoms with E-state index in [4.69, 9.17) is 5.11 Å². The molecule has 15 heavy (non-hydrogen) atoms. The van der Waals surface area contributed by atoms with Gasteiger partial charge in [0.2, 0.25) is 0 Å². The van der Waals surface area contributed by atoms with Gasteiger partial charge in [0.25, 0.3) is 0 Å². The van der Waals surface area contributed by atoms with Crippen LogP contribution in [0.2, 0.25) is 0 Å². The third kappa shape index (κ3) is 5.42. The van der Waals surface area contributed by atoms with E-state index in [1.807, 2.05) is 11.8 Å². The second-order valence-corrected chi connectivity index (χ2v) is 5.35. The molecule has 0 amide bonds. The Kier molecular flexibility index (Phi) is 6.10. The Bertz CT molecular complexity index is 193. The van der Waals surface area contributed by atoms with Crippen LogP contribution in [0.25, 0.3) is 0 Å². The summed E-state index contributed by atoms with van der Waals surface area (Å²) in [6.07, 6.45) is 4.63. The molecule has 0 aromatic rings. The predicted molar refractivity (Wildman–Crippen MR) is 64.5 cm³/mol. The molecule has 0 aliphatic carbocycles. The third-order valence-electron chi connectivity index (χ3n) is 2.93. The zero-order valence-corrected chi connectivity index (χ0v) is 10.3. The van der Waals surface area contributed by atoms with Crippen LogP contribution in [-0.4, -0.2) is 47.1 Å². The van der Waals surface area contributed by atoms with E-state index in [1.165, 1.54) is 17.9 Å². The molecular weight excluding hydrogens is 210 g/mol. The Balaban J connectivity index is 1.96. The Hall–Kier alpha value is -0.220. The minimum absolute atomic E-state index is 0.322. The first-order valence-corrected chi connectivity index (χ1v) is 6.85. The van der Waals surface area contributed by atoms with Crippen LogP contribution in [0.3, 0.4) is 0 Å². The van der Waals surface area contributed by atoms with Crippen molar-refractivity contribution in [2.75, 3.05) is 25.1 Å². The van der Waals surface area contributed by atoms with Crippen molar-refractivity contribution in [1.29, 1.82) is 0 Å². The molecule has 1 saturated heterocycles. The van der Waals surface area contributed by atoms with Gasteiger partial charge >= 0.3 is 5.97 Å². The quantitative estimate of drug-likeness (QED) is 0.681. The molecule has 1 atom stereocenters. The van der Waals surface area contributed by atoms with Crippen LogP contribution < -0.4 is 0 Å². The number of carboxylic acids is 1. The Morgan fingerprint density at radius 1 is 1.47 bits per heavy atom. The van der Waals surface area contributed by atoms with Crippen molar-refractivity contribution < 1.29 is 9.90 Å². The second-order valence-electron chi connectivity index (χ2n) is 4.20. The van der Waals surface area contributed by atoms with Gasteiger partial charge in [0.05, 0.1) is 0 Å². The smallest absolute Gasteiger partial charge is 0.303 e. The number of aliphatic carboxylic acids is 1. The second kappa shape index (κ2) is 7.12. The number of unbranched alkanes of at least 4 members (excludes halogenated alkanes) is 2. The number of nitrogens with zero attached hydrogens (tertiary/aromatic N) is 1. The van der Waals surface area contributed by atoms with Crippen molar-refractivity contribution in [3.05, 3.63) is 0 Å². The third-order valence-corrected chi connectivity index (χ3v) is 4.08. The largest absolute Gasteiger partial charge is 0.481 e. The van der Waals surface area contributed by atoms with Crippen LogP contribution >= 0.6 is 11.8 Å². The highest BCUT2D eigenvalue weighted by Crippen LogP contribution is 2.21. The van der Waals surface area contributed by atoms with Gasteiger partial charge in [-0.3, -0.25) is 4.79 Å². The van der Waals surface area contributed by atoms with Crippen molar-refractivity contribution in [2.24, 2.45) is 0 Å².